The summed E-state index contributed by atoms with van der Waals surface area (Å²) < 4.78 is 1.76. The number of hydrogen-bond acceptors (Lipinski definition) is 7. The second-order valence-electron chi connectivity index (χ2n) is 9.40. The first-order valence-electron chi connectivity index (χ1n) is 11.9. The summed E-state index contributed by atoms with van der Waals surface area (Å²) in [6.45, 7) is 9.32. The maximum absolute atomic E-state index is 12.9. The third-order valence-corrected chi connectivity index (χ3v) is 6.18. The van der Waals surface area contributed by atoms with Gasteiger partial charge in [-0.3, -0.25) is 24.3 Å². The number of nitrogens with zero attached hydrogens (tertiary/aromatic N) is 7. The number of aryl methyl sites for hydroxylation is 1. The van der Waals surface area contributed by atoms with Crippen molar-refractivity contribution < 1.29 is 4.79 Å². The fourth-order valence-electron chi connectivity index (χ4n) is 4.50. The molecule has 180 valence electrons. The summed E-state index contributed by atoms with van der Waals surface area (Å²) in [6.07, 6.45) is 8.84. The van der Waals surface area contributed by atoms with Crippen LogP contribution in [0.4, 0.5) is 11.6 Å². The first kappa shape index (κ1) is 22.9. The number of aromatic nitrogens is 5. The highest BCUT2D eigenvalue weighted by Gasteiger charge is 2.22. The lowest BCUT2D eigenvalue weighted by Gasteiger charge is -2.36. The summed E-state index contributed by atoms with van der Waals surface area (Å²) in [5.41, 5.74) is 2.31. The largest absolute Gasteiger partial charge is 0.353 e. The zero-order valence-electron chi connectivity index (χ0n) is 20.3. The van der Waals surface area contributed by atoms with E-state index < -0.39 is 0 Å². The van der Waals surface area contributed by atoms with E-state index in [1.54, 1.807) is 35.4 Å². The van der Waals surface area contributed by atoms with Crippen molar-refractivity contribution in [2.75, 3.05) is 42.9 Å². The molecule has 5 rings (SSSR count). The molecular weight excluding hydrogens is 440 g/mol. The monoisotopic (exact) mass is 470 g/mol. The van der Waals surface area contributed by atoms with Crippen molar-refractivity contribution in [3.63, 3.8) is 0 Å². The molecular formula is C26H30N8O. The van der Waals surface area contributed by atoms with E-state index in [1.807, 2.05) is 31.6 Å². The quantitative estimate of drug-likeness (QED) is 0.461. The molecule has 0 unspecified atom stereocenters. The maximum Gasteiger partial charge on any atom is 0.256 e. The number of carbonyl (C=O) groups excluding carboxylic acids is 1. The number of amides is 1. The minimum atomic E-state index is -0.214. The SMILES string of the molecule is CC(C)CN1CCN(c2nc(NC(=O)c3ccncc3)cc3cc(-c4cnn(C)c4)ncc23)CC1. The summed E-state index contributed by atoms with van der Waals surface area (Å²) in [5.74, 6) is 1.79. The van der Waals surface area contributed by atoms with Crippen LogP contribution in [-0.4, -0.2) is 68.3 Å². The van der Waals surface area contributed by atoms with Crippen LogP contribution in [0.3, 0.4) is 0 Å². The molecule has 1 aliphatic rings. The Labute approximate surface area is 204 Å². The van der Waals surface area contributed by atoms with Gasteiger partial charge in [0.15, 0.2) is 0 Å². The molecule has 4 aromatic heterocycles. The molecule has 5 heterocycles. The number of pyridine rings is 3. The molecule has 1 aliphatic heterocycles. The average molecular weight is 471 g/mol. The van der Waals surface area contributed by atoms with Crippen LogP contribution in [0, 0.1) is 5.92 Å². The van der Waals surface area contributed by atoms with Gasteiger partial charge in [-0.05, 0) is 35.6 Å². The number of carbonyl (C=O) groups is 1. The maximum atomic E-state index is 12.9. The van der Waals surface area contributed by atoms with Gasteiger partial charge >= 0.3 is 0 Å². The number of nitrogens with one attached hydrogen (secondary N) is 1. The van der Waals surface area contributed by atoms with E-state index >= 15 is 0 Å². The summed E-state index contributed by atoms with van der Waals surface area (Å²) in [6, 6.07) is 7.33. The van der Waals surface area contributed by atoms with Crippen LogP contribution in [-0.2, 0) is 7.05 Å². The molecule has 1 N–H and O–H groups in total. The van der Waals surface area contributed by atoms with Crippen LogP contribution in [0.15, 0.2) is 55.2 Å². The smallest absolute Gasteiger partial charge is 0.256 e. The Morgan fingerprint density at radius 3 is 2.54 bits per heavy atom. The van der Waals surface area contributed by atoms with E-state index in [-0.39, 0.29) is 5.91 Å². The second kappa shape index (κ2) is 9.79. The topological polar surface area (TPSA) is 92.1 Å². The van der Waals surface area contributed by atoms with Gasteiger partial charge in [-0.25, -0.2) is 4.98 Å². The molecule has 1 saturated heterocycles. The van der Waals surface area contributed by atoms with E-state index in [9.17, 15) is 4.79 Å². The van der Waals surface area contributed by atoms with Crippen LogP contribution < -0.4 is 10.2 Å². The summed E-state index contributed by atoms with van der Waals surface area (Å²) in [7, 11) is 1.89. The number of fused-ring (bicyclic) bond motifs is 1. The van der Waals surface area contributed by atoms with E-state index in [1.165, 1.54) is 0 Å². The van der Waals surface area contributed by atoms with Gasteiger partial charge in [-0.2, -0.15) is 5.10 Å². The van der Waals surface area contributed by atoms with Gasteiger partial charge in [0.2, 0.25) is 0 Å². The van der Waals surface area contributed by atoms with Crippen molar-refractivity contribution in [1.82, 2.24) is 29.6 Å². The third kappa shape index (κ3) is 5.14. The Bertz CT molecular complexity index is 1330. The van der Waals surface area contributed by atoms with Crippen LogP contribution in [0.2, 0.25) is 0 Å². The molecule has 9 nitrogen and oxygen atoms in total. The van der Waals surface area contributed by atoms with Gasteiger partial charge in [0, 0.05) is 81.1 Å². The summed E-state index contributed by atoms with van der Waals surface area (Å²) in [5, 5.41) is 9.19. The van der Waals surface area contributed by atoms with Crippen molar-refractivity contribution in [1.29, 1.82) is 0 Å². The van der Waals surface area contributed by atoms with E-state index in [2.05, 4.69) is 39.0 Å². The Kier molecular flexibility index (Phi) is 6.41. The van der Waals surface area contributed by atoms with Crippen molar-refractivity contribution in [3.8, 4) is 11.3 Å². The molecule has 1 fully saturated rings. The van der Waals surface area contributed by atoms with Crippen molar-refractivity contribution >= 4 is 28.3 Å². The van der Waals surface area contributed by atoms with Gasteiger partial charge in [-0.15, -0.1) is 0 Å². The first-order chi connectivity index (χ1) is 17.0. The van der Waals surface area contributed by atoms with Crippen molar-refractivity contribution in [3.05, 3.63) is 60.8 Å². The highest BCUT2D eigenvalue weighted by atomic mass is 16.1. The fraction of sp³-hybridized carbons (Fsp3) is 0.346. The van der Waals surface area contributed by atoms with Gasteiger partial charge in [0.25, 0.3) is 5.91 Å². The number of piperazine rings is 1. The predicted octanol–water partition coefficient (Wildman–Crippen LogP) is 3.46. The van der Waals surface area contributed by atoms with E-state index in [0.29, 0.717) is 17.3 Å². The van der Waals surface area contributed by atoms with Gasteiger partial charge in [0.1, 0.15) is 11.6 Å². The molecule has 0 aromatic carbocycles. The summed E-state index contributed by atoms with van der Waals surface area (Å²) in [4.78, 5) is 31.2. The van der Waals surface area contributed by atoms with Crippen LogP contribution in [0.25, 0.3) is 22.0 Å². The van der Waals surface area contributed by atoms with Crippen molar-refractivity contribution in [2.45, 2.75) is 13.8 Å². The van der Waals surface area contributed by atoms with E-state index in [4.69, 9.17) is 9.97 Å². The number of anilines is 2. The molecule has 1 amide bonds. The molecule has 9 heteroatoms. The molecule has 35 heavy (non-hydrogen) atoms. The lowest BCUT2D eigenvalue weighted by Crippen LogP contribution is -2.47. The third-order valence-electron chi connectivity index (χ3n) is 6.18. The fourth-order valence-corrected chi connectivity index (χ4v) is 4.50. The Hall–Kier alpha value is -3.85. The van der Waals surface area contributed by atoms with Crippen LogP contribution in [0.5, 0.6) is 0 Å². The molecule has 0 atom stereocenters. The highest BCUT2D eigenvalue weighted by Crippen LogP contribution is 2.31. The Morgan fingerprint density at radius 1 is 1.09 bits per heavy atom. The number of hydrogen-bond donors (Lipinski definition) is 1. The average Bonchev–Trinajstić information content (AvgIpc) is 3.30. The zero-order valence-corrected chi connectivity index (χ0v) is 20.3. The van der Waals surface area contributed by atoms with Gasteiger partial charge in [0.05, 0.1) is 11.9 Å². The minimum absolute atomic E-state index is 0.214. The van der Waals surface area contributed by atoms with Crippen LogP contribution in [0.1, 0.15) is 24.2 Å². The standard InChI is InChI=1S/C26H30N8O/c1-18(2)16-33-8-10-34(11-9-33)25-22-15-28-23(21-14-29-32(3)17-21)12-20(22)13-24(30-25)31-26(35)19-4-6-27-7-5-19/h4-7,12-15,17-18H,8-11,16H2,1-3H3,(H,30,31,35). The van der Waals surface area contributed by atoms with Crippen molar-refractivity contribution in [2.24, 2.45) is 13.0 Å². The predicted molar refractivity (Wildman–Crippen MR) is 137 cm³/mol. The van der Waals surface area contributed by atoms with Gasteiger partial charge in [-0.1, -0.05) is 13.8 Å². The zero-order chi connectivity index (χ0) is 24.4. The normalized spacial score (nSPS) is 14.6. The first-order valence-corrected chi connectivity index (χ1v) is 11.9. The molecule has 0 spiro atoms. The Morgan fingerprint density at radius 2 is 1.86 bits per heavy atom. The second-order valence-corrected chi connectivity index (χ2v) is 9.40. The highest BCUT2D eigenvalue weighted by molar-refractivity contribution is 6.05. The summed E-state index contributed by atoms with van der Waals surface area (Å²) >= 11 is 0. The van der Waals surface area contributed by atoms with Gasteiger partial charge < -0.3 is 10.2 Å². The van der Waals surface area contributed by atoms with E-state index in [0.717, 1.165) is 60.6 Å². The minimum Gasteiger partial charge on any atom is -0.353 e. The molecule has 0 aliphatic carbocycles. The molecule has 0 bridgehead atoms. The van der Waals surface area contributed by atoms with Crippen LogP contribution >= 0.6 is 0 Å². The molecule has 0 radical (unpaired) electrons. The molecule has 4 aromatic rings. The Balaban J connectivity index is 1.50. The molecule has 0 saturated carbocycles. The lowest BCUT2D eigenvalue weighted by molar-refractivity contribution is 0.102. The lowest BCUT2D eigenvalue weighted by atomic mass is 10.1. The number of rotatable bonds is 6.